The molecule has 134 valence electrons. The van der Waals surface area contributed by atoms with E-state index in [1.807, 2.05) is 48.2 Å². The molecule has 1 aliphatic heterocycles. The van der Waals surface area contributed by atoms with Crippen LogP contribution >= 0.6 is 0 Å². The molecule has 3 heteroatoms. The third-order valence-electron chi connectivity index (χ3n) is 6.39. The van der Waals surface area contributed by atoms with Gasteiger partial charge in [0.05, 0.1) is 5.41 Å². The van der Waals surface area contributed by atoms with E-state index in [9.17, 15) is 9.59 Å². The molecule has 0 bridgehead atoms. The van der Waals surface area contributed by atoms with Crippen molar-refractivity contribution in [3.05, 3.63) is 71.8 Å². The van der Waals surface area contributed by atoms with Gasteiger partial charge < -0.3 is 4.90 Å². The molecule has 3 nitrogen and oxygen atoms in total. The van der Waals surface area contributed by atoms with Crippen LogP contribution in [-0.2, 0) is 21.5 Å². The zero-order valence-corrected chi connectivity index (χ0v) is 15.2. The maximum absolute atomic E-state index is 13.8. The maximum atomic E-state index is 13.8. The Morgan fingerprint density at radius 2 is 1.65 bits per heavy atom. The van der Waals surface area contributed by atoms with Crippen LogP contribution in [0.25, 0.3) is 0 Å². The Bertz CT molecular complexity index is 801. The van der Waals surface area contributed by atoms with E-state index in [-0.39, 0.29) is 17.7 Å². The first kappa shape index (κ1) is 17.0. The summed E-state index contributed by atoms with van der Waals surface area (Å²) >= 11 is 0. The summed E-state index contributed by atoms with van der Waals surface area (Å²) in [7, 11) is 0. The number of fused-ring (bicyclic) bond motifs is 1. The lowest BCUT2D eigenvalue weighted by molar-refractivity contribution is -0.152. The number of carbonyl (C=O) groups excluding carboxylic acids is 2. The number of benzene rings is 2. The summed E-state index contributed by atoms with van der Waals surface area (Å²) in [4.78, 5) is 28.1. The fourth-order valence-corrected chi connectivity index (χ4v) is 5.00. The van der Waals surface area contributed by atoms with Crippen molar-refractivity contribution < 1.29 is 9.59 Å². The van der Waals surface area contributed by atoms with E-state index in [0.717, 1.165) is 24.1 Å². The molecular formula is C23H25NO2. The van der Waals surface area contributed by atoms with Crippen molar-refractivity contribution in [1.82, 2.24) is 4.90 Å². The van der Waals surface area contributed by atoms with Gasteiger partial charge in [-0.1, -0.05) is 67.6 Å². The SMILES string of the molecule is C[C@@H]1C(=O)CC[C@]2(c3ccccc3)C(=O)N(Cc3ccccc3)CC[C@@H]12. The molecule has 0 aromatic heterocycles. The van der Waals surface area contributed by atoms with Gasteiger partial charge in [-0.05, 0) is 29.9 Å². The quantitative estimate of drug-likeness (QED) is 0.842. The second kappa shape index (κ2) is 6.71. The highest BCUT2D eigenvalue weighted by Gasteiger charge is 2.56. The molecule has 2 aromatic carbocycles. The first-order valence-corrected chi connectivity index (χ1v) is 9.54. The third kappa shape index (κ3) is 2.66. The van der Waals surface area contributed by atoms with Crippen molar-refractivity contribution in [3.8, 4) is 0 Å². The summed E-state index contributed by atoms with van der Waals surface area (Å²) in [5, 5.41) is 0. The molecule has 26 heavy (non-hydrogen) atoms. The molecule has 0 spiro atoms. The van der Waals surface area contributed by atoms with Gasteiger partial charge in [-0.15, -0.1) is 0 Å². The summed E-state index contributed by atoms with van der Waals surface area (Å²) in [5.74, 6) is 0.562. The topological polar surface area (TPSA) is 37.4 Å². The lowest BCUT2D eigenvalue weighted by atomic mass is 9.55. The highest BCUT2D eigenvalue weighted by Crippen LogP contribution is 2.50. The Labute approximate surface area is 155 Å². The number of nitrogens with zero attached hydrogens (tertiary/aromatic N) is 1. The Morgan fingerprint density at radius 3 is 2.35 bits per heavy atom. The number of hydrogen-bond donors (Lipinski definition) is 0. The summed E-state index contributed by atoms with van der Waals surface area (Å²) in [6.45, 7) is 3.39. The molecule has 1 heterocycles. The zero-order chi connectivity index (χ0) is 18.1. The van der Waals surface area contributed by atoms with Crippen molar-refractivity contribution in [1.29, 1.82) is 0 Å². The van der Waals surface area contributed by atoms with Crippen LogP contribution in [-0.4, -0.2) is 23.1 Å². The Hall–Kier alpha value is -2.42. The molecule has 2 aliphatic rings. The van der Waals surface area contributed by atoms with Gasteiger partial charge in [0.15, 0.2) is 0 Å². The molecule has 1 saturated carbocycles. The zero-order valence-electron chi connectivity index (χ0n) is 15.2. The third-order valence-corrected chi connectivity index (χ3v) is 6.39. The second-order valence-electron chi connectivity index (χ2n) is 7.70. The second-order valence-corrected chi connectivity index (χ2v) is 7.70. The minimum atomic E-state index is -0.554. The molecule has 3 atom stereocenters. The summed E-state index contributed by atoms with van der Waals surface area (Å²) in [6.07, 6.45) is 2.02. The summed E-state index contributed by atoms with van der Waals surface area (Å²) in [6, 6.07) is 20.3. The van der Waals surface area contributed by atoms with Crippen LogP contribution in [0.1, 0.15) is 37.3 Å². The van der Waals surface area contributed by atoms with Gasteiger partial charge >= 0.3 is 0 Å². The first-order chi connectivity index (χ1) is 12.6. The Balaban J connectivity index is 1.73. The molecule has 2 aromatic rings. The monoisotopic (exact) mass is 347 g/mol. The standard InChI is InChI=1S/C23H25NO2/c1-17-20-13-15-24(16-18-8-4-2-5-9-18)22(26)23(20,14-12-21(17)25)19-10-6-3-7-11-19/h2-11,17,20H,12-16H2,1H3/t17-,20-,23+/m0/s1. The average molecular weight is 347 g/mol. The molecule has 1 amide bonds. The number of ketones is 1. The lowest BCUT2D eigenvalue weighted by Crippen LogP contribution is -2.60. The van der Waals surface area contributed by atoms with Gasteiger partial charge in [0.1, 0.15) is 5.78 Å². The van der Waals surface area contributed by atoms with Crippen LogP contribution in [0, 0.1) is 11.8 Å². The predicted octanol–water partition coefficient (Wildman–Crippen LogP) is 3.97. The number of carbonyl (C=O) groups is 2. The molecular weight excluding hydrogens is 322 g/mol. The highest BCUT2D eigenvalue weighted by atomic mass is 16.2. The molecule has 2 fully saturated rings. The van der Waals surface area contributed by atoms with Crippen LogP contribution in [0.5, 0.6) is 0 Å². The fourth-order valence-electron chi connectivity index (χ4n) is 5.00. The summed E-state index contributed by atoms with van der Waals surface area (Å²) in [5.41, 5.74) is 1.68. The van der Waals surface area contributed by atoms with Crippen LogP contribution in [0.4, 0.5) is 0 Å². The van der Waals surface area contributed by atoms with E-state index >= 15 is 0 Å². The maximum Gasteiger partial charge on any atom is 0.233 e. The van der Waals surface area contributed by atoms with Crippen LogP contribution < -0.4 is 0 Å². The van der Waals surface area contributed by atoms with Crippen molar-refractivity contribution in [2.24, 2.45) is 11.8 Å². The molecule has 1 saturated heterocycles. The number of rotatable bonds is 3. The van der Waals surface area contributed by atoms with Crippen LogP contribution in [0.2, 0.25) is 0 Å². The van der Waals surface area contributed by atoms with E-state index in [1.165, 1.54) is 0 Å². The minimum absolute atomic E-state index is 0.0493. The molecule has 0 unspecified atom stereocenters. The summed E-state index contributed by atoms with van der Waals surface area (Å²) < 4.78 is 0. The minimum Gasteiger partial charge on any atom is -0.338 e. The van der Waals surface area contributed by atoms with Crippen molar-refractivity contribution in [2.75, 3.05) is 6.54 Å². The first-order valence-electron chi connectivity index (χ1n) is 9.54. The molecule has 4 rings (SSSR count). The van der Waals surface area contributed by atoms with Gasteiger partial charge in [0.25, 0.3) is 0 Å². The van der Waals surface area contributed by atoms with E-state index < -0.39 is 5.41 Å². The normalized spacial score (nSPS) is 28.7. The van der Waals surface area contributed by atoms with Gasteiger partial charge in [-0.2, -0.15) is 0 Å². The number of amides is 1. The van der Waals surface area contributed by atoms with Gasteiger partial charge in [0, 0.05) is 25.4 Å². The van der Waals surface area contributed by atoms with Crippen molar-refractivity contribution in [2.45, 2.75) is 38.1 Å². The number of Topliss-reactive ketones (excluding diaryl/α,β-unsaturated/α-hetero) is 1. The smallest absolute Gasteiger partial charge is 0.233 e. The predicted molar refractivity (Wildman–Crippen MR) is 101 cm³/mol. The molecule has 0 N–H and O–H groups in total. The fraction of sp³-hybridized carbons (Fsp3) is 0.391. The van der Waals surface area contributed by atoms with Crippen LogP contribution in [0.15, 0.2) is 60.7 Å². The number of hydrogen-bond acceptors (Lipinski definition) is 2. The average Bonchev–Trinajstić information content (AvgIpc) is 2.69. The van der Waals surface area contributed by atoms with E-state index in [1.54, 1.807) is 0 Å². The Kier molecular flexibility index (Phi) is 4.39. The van der Waals surface area contributed by atoms with E-state index in [0.29, 0.717) is 25.2 Å². The van der Waals surface area contributed by atoms with Crippen molar-refractivity contribution >= 4 is 11.7 Å². The highest BCUT2D eigenvalue weighted by molar-refractivity contribution is 5.94. The van der Waals surface area contributed by atoms with Crippen LogP contribution in [0.3, 0.4) is 0 Å². The lowest BCUT2D eigenvalue weighted by Gasteiger charge is -2.52. The molecule has 0 radical (unpaired) electrons. The van der Waals surface area contributed by atoms with Crippen molar-refractivity contribution in [3.63, 3.8) is 0 Å². The van der Waals surface area contributed by atoms with Gasteiger partial charge in [-0.25, -0.2) is 0 Å². The van der Waals surface area contributed by atoms with E-state index in [2.05, 4.69) is 24.3 Å². The van der Waals surface area contributed by atoms with E-state index in [4.69, 9.17) is 0 Å². The number of likely N-dealkylation sites (tertiary alicyclic amines) is 1. The Morgan fingerprint density at radius 1 is 1.00 bits per heavy atom. The largest absolute Gasteiger partial charge is 0.338 e. The van der Waals surface area contributed by atoms with Gasteiger partial charge in [-0.3, -0.25) is 9.59 Å². The number of piperidine rings is 1. The van der Waals surface area contributed by atoms with Gasteiger partial charge in [0.2, 0.25) is 5.91 Å². The molecule has 1 aliphatic carbocycles.